The van der Waals surface area contributed by atoms with Crippen molar-refractivity contribution in [3.05, 3.63) is 76.9 Å². The van der Waals surface area contributed by atoms with Gasteiger partial charge in [-0.25, -0.2) is 0 Å². The van der Waals surface area contributed by atoms with E-state index in [-0.39, 0.29) is 0 Å². The highest BCUT2D eigenvalue weighted by atomic mass is 79.9. The highest BCUT2D eigenvalue weighted by Crippen LogP contribution is 2.31. The van der Waals surface area contributed by atoms with E-state index >= 15 is 0 Å². The third-order valence-electron chi connectivity index (χ3n) is 3.45. The standard InChI is InChI=1S/C18H11BrF3N/c19-16-7-3-12(4-8-16)14-9-10-23-17(11-14)13-1-5-15(6-2-13)18(20,21)22/h1-11H. The lowest BCUT2D eigenvalue weighted by Gasteiger charge is -2.08. The first-order valence-electron chi connectivity index (χ1n) is 6.83. The van der Waals surface area contributed by atoms with Crippen LogP contribution >= 0.6 is 15.9 Å². The summed E-state index contributed by atoms with van der Waals surface area (Å²) < 4.78 is 38.8. The molecule has 0 unspecified atom stereocenters. The zero-order valence-corrected chi connectivity index (χ0v) is 13.4. The van der Waals surface area contributed by atoms with Gasteiger partial charge in [0.05, 0.1) is 11.3 Å². The van der Waals surface area contributed by atoms with Crippen molar-refractivity contribution in [2.45, 2.75) is 6.18 Å². The van der Waals surface area contributed by atoms with Crippen LogP contribution in [0.1, 0.15) is 5.56 Å². The van der Waals surface area contributed by atoms with E-state index in [9.17, 15) is 13.2 Å². The fourth-order valence-corrected chi connectivity index (χ4v) is 2.50. The minimum Gasteiger partial charge on any atom is -0.256 e. The zero-order valence-electron chi connectivity index (χ0n) is 11.8. The summed E-state index contributed by atoms with van der Waals surface area (Å²) in [6.07, 6.45) is -2.67. The molecular formula is C18H11BrF3N. The van der Waals surface area contributed by atoms with E-state index in [0.717, 1.165) is 27.7 Å². The molecule has 5 heteroatoms. The van der Waals surface area contributed by atoms with Crippen molar-refractivity contribution in [3.8, 4) is 22.4 Å². The number of rotatable bonds is 2. The second kappa shape index (κ2) is 6.16. The van der Waals surface area contributed by atoms with Crippen LogP contribution in [0, 0.1) is 0 Å². The molecule has 1 nitrogen and oxygen atoms in total. The molecule has 0 amide bonds. The van der Waals surface area contributed by atoms with Gasteiger partial charge in [0.1, 0.15) is 0 Å². The third kappa shape index (κ3) is 3.62. The Morgan fingerprint density at radius 3 is 1.96 bits per heavy atom. The number of pyridine rings is 1. The molecule has 0 aliphatic rings. The average Bonchev–Trinajstić information content (AvgIpc) is 2.55. The maximum absolute atomic E-state index is 12.6. The van der Waals surface area contributed by atoms with Crippen molar-refractivity contribution in [2.24, 2.45) is 0 Å². The molecule has 0 bridgehead atoms. The Morgan fingerprint density at radius 1 is 0.739 bits per heavy atom. The van der Waals surface area contributed by atoms with Crippen molar-refractivity contribution >= 4 is 15.9 Å². The topological polar surface area (TPSA) is 12.9 Å². The van der Waals surface area contributed by atoms with E-state index in [1.807, 2.05) is 36.4 Å². The molecule has 116 valence electrons. The van der Waals surface area contributed by atoms with Gasteiger partial charge in [-0.05, 0) is 47.5 Å². The molecule has 3 rings (SSSR count). The Kier molecular flexibility index (Phi) is 4.22. The van der Waals surface area contributed by atoms with Gasteiger partial charge >= 0.3 is 6.18 Å². The van der Waals surface area contributed by atoms with Gasteiger partial charge in [-0.15, -0.1) is 0 Å². The number of hydrogen-bond donors (Lipinski definition) is 0. The van der Waals surface area contributed by atoms with Crippen LogP contribution in [0.2, 0.25) is 0 Å². The minimum absolute atomic E-state index is 0.638. The molecule has 1 heterocycles. The van der Waals surface area contributed by atoms with Gasteiger partial charge in [0.2, 0.25) is 0 Å². The predicted octanol–water partition coefficient (Wildman–Crippen LogP) is 6.20. The van der Waals surface area contributed by atoms with Gasteiger partial charge in [0.25, 0.3) is 0 Å². The van der Waals surface area contributed by atoms with Crippen LogP contribution in [0.4, 0.5) is 13.2 Å². The van der Waals surface area contributed by atoms with Gasteiger partial charge in [-0.2, -0.15) is 13.2 Å². The lowest BCUT2D eigenvalue weighted by atomic mass is 10.0. The van der Waals surface area contributed by atoms with Crippen LogP contribution in [0.15, 0.2) is 71.3 Å². The molecule has 1 aromatic heterocycles. The highest BCUT2D eigenvalue weighted by molar-refractivity contribution is 9.10. The van der Waals surface area contributed by atoms with Crippen molar-refractivity contribution < 1.29 is 13.2 Å². The summed E-state index contributed by atoms with van der Waals surface area (Å²) in [4.78, 5) is 4.25. The van der Waals surface area contributed by atoms with Crippen LogP contribution in [0.5, 0.6) is 0 Å². The lowest BCUT2D eigenvalue weighted by molar-refractivity contribution is -0.137. The first-order chi connectivity index (χ1) is 10.9. The van der Waals surface area contributed by atoms with E-state index in [0.29, 0.717) is 11.3 Å². The van der Waals surface area contributed by atoms with Gasteiger partial charge < -0.3 is 0 Å². The number of nitrogens with zero attached hydrogens (tertiary/aromatic N) is 1. The minimum atomic E-state index is -4.33. The summed E-state index contributed by atoms with van der Waals surface area (Å²) in [5.41, 5.74) is 2.60. The predicted molar refractivity (Wildman–Crippen MR) is 87.8 cm³/mol. The summed E-state index contributed by atoms with van der Waals surface area (Å²) in [5, 5.41) is 0. The number of alkyl halides is 3. The van der Waals surface area contributed by atoms with E-state index in [2.05, 4.69) is 20.9 Å². The SMILES string of the molecule is FC(F)(F)c1ccc(-c2cc(-c3ccc(Br)cc3)ccn2)cc1. The quantitative estimate of drug-likeness (QED) is 0.518. The van der Waals surface area contributed by atoms with Gasteiger partial charge in [-0.3, -0.25) is 4.98 Å². The molecule has 0 aliphatic carbocycles. The van der Waals surface area contributed by atoms with E-state index in [1.165, 1.54) is 12.1 Å². The molecule has 0 saturated carbocycles. The van der Waals surface area contributed by atoms with Crippen LogP contribution in [0.3, 0.4) is 0 Å². The molecule has 0 atom stereocenters. The van der Waals surface area contributed by atoms with Crippen LogP contribution in [0.25, 0.3) is 22.4 Å². The third-order valence-corrected chi connectivity index (χ3v) is 3.97. The molecule has 23 heavy (non-hydrogen) atoms. The van der Waals surface area contributed by atoms with Crippen molar-refractivity contribution in [1.29, 1.82) is 0 Å². The second-order valence-electron chi connectivity index (χ2n) is 5.01. The Balaban J connectivity index is 1.95. The monoisotopic (exact) mass is 377 g/mol. The van der Waals surface area contributed by atoms with Gasteiger partial charge in [-0.1, -0.05) is 40.2 Å². The lowest BCUT2D eigenvalue weighted by Crippen LogP contribution is -2.04. The Hall–Kier alpha value is -2.14. The first-order valence-corrected chi connectivity index (χ1v) is 7.62. The summed E-state index contributed by atoms with van der Waals surface area (Å²) in [6, 6.07) is 16.6. The van der Waals surface area contributed by atoms with Crippen LogP contribution in [-0.2, 0) is 6.18 Å². The number of hydrogen-bond acceptors (Lipinski definition) is 1. The summed E-state index contributed by atoms with van der Waals surface area (Å²) in [6.45, 7) is 0. The Bertz CT molecular complexity index is 809. The zero-order chi connectivity index (χ0) is 16.4. The molecule has 0 N–H and O–H groups in total. The highest BCUT2D eigenvalue weighted by Gasteiger charge is 2.29. The number of benzene rings is 2. The summed E-state index contributed by atoms with van der Waals surface area (Å²) >= 11 is 3.39. The van der Waals surface area contributed by atoms with Crippen molar-refractivity contribution in [3.63, 3.8) is 0 Å². The van der Waals surface area contributed by atoms with E-state index in [1.54, 1.807) is 6.20 Å². The fourth-order valence-electron chi connectivity index (χ4n) is 2.24. The van der Waals surface area contributed by atoms with Crippen molar-refractivity contribution in [2.75, 3.05) is 0 Å². The number of aromatic nitrogens is 1. The normalized spacial score (nSPS) is 11.5. The maximum Gasteiger partial charge on any atom is 0.416 e. The van der Waals surface area contributed by atoms with Crippen LogP contribution < -0.4 is 0 Å². The maximum atomic E-state index is 12.6. The van der Waals surface area contributed by atoms with E-state index < -0.39 is 11.7 Å². The fraction of sp³-hybridized carbons (Fsp3) is 0.0556. The molecular weight excluding hydrogens is 367 g/mol. The van der Waals surface area contributed by atoms with Gasteiger partial charge in [0, 0.05) is 16.2 Å². The summed E-state index contributed by atoms with van der Waals surface area (Å²) in [5.74, 6) is 0. The summed E-state index contributed by atoms with van der Waals surface area (Å²) in [7, 11) is 0. The van der Waals surface area contributed by atoms with Crippen LogP contribution in [-0.4, -0.2) is 4.98 Å². The number of halogens is 4. The molecule has 0 fully saturated rings. The van der Waals surface area contributed by atoms with Gasteiger partial charge in [0.15, 0.2) is 0 Å². The smallest absolute Gasteiger partial charge is 0.256 e. The Labute approximate surface area is 139 Å². The van der Waals surface area contributed by atoms with Crippen molar-refractivity contribution in [1.82, 2.24) is 4.98 Å². The molecule has 3 aromatic rings. The molecule has 0 spiro atoms. The first kappa shape index (κ1) is 15.7. The molecule has 0 radical (unpaired) electrons. The Morgan fingerprint density at radius 2 is 1.35 bits per heavy atom. The largest absolute Gasteiger partial charge is 0.416 e. The molecule has 0 aliphatic heterocycles. The average molecular weight is 378 g/mol. The molecule has 2 aromatic carbocycles. The van der Waals surface area contributed by atoms with E-state index in [4.69, 9.17) is 0 Å². The molecule has 0 saturated heterocycles. The second-order valence-corrected chi connectivity index (χ2v) is 5.93.